The molecule has 2 aromatic rings. The van der Waals surface area contributed by atoms with E-state index in [9.17, 15) is 4.79 Å². The van der Waals surface area contributed by atoms with Gasteiger partial charge in [0.15, 0.2) is 0 Å². The van der Waals surface area contributed by atoms with E-state index in [0.29, 0.717) is 5.56 Å². The van der Waals surface area contributed by atoms with E-state index >= 15 is 0 Å². The van der Waals surface area contributed by atoms with Crippen molar-refractivity contribution in [2.24, 2.45) is 0 Å². The summed E-state index contributed by atoms with van der Waals surface area (Å²) in [5.41, 5.74) is 5.97. The molecule has 1 amide bonds. The summed E-state index contributed by atoms with van der Waals surface area (Å²) in [6.07, 6.45) is 2.78. The fourth-order valence-electron chi connectivity index (χ4n) is 1.68. The highest BCUT2D eigenvalue weighted by Gasteiger charge is 2.15. The summed E-state index contributed by atoms with van der Waals surface area (Å²) in [5, 5.41) is 3.95. The number of carbonyl (C=O) groups is 1. The predicted octanol–water partition coefficient (Wildman–Crippen LogP) is 2.83. The minimum atomic E-state index is -0.248. The summed E-state index contributed by atoms with van der Waals surface area (Å²) in [5.74, 6) is -0.0282. The van der Waals surface area contributed by atoms with E-state index in [1.54, 1.807) is 11.3 Å². The summed E-state index contributed by atoms with van der Waals surface area (Å²) in [4.78, 5) is 21.5. The van der Waals surface area contributed by atoms with Crippen molar-refractivity contribution < 1.29 is 4.79 Å². The van der Waals surface area contributed by atoms with Crippen LogP contribution >= 0.6 is 22.9 Å². The molecule has 2 rings (SSSR count). The Morgan fingerprint density at radius 1 is 1.55 bits per heavy atom. The van der Waals surface area contributed by atoms with Crippen molar-refractivity contribution >= 4 is 34.7 Å². The lowest BCUT2D eigenvalue weighted by Gasteiger charge is -2.11. The van der Waals surface area contributed by atoms with Crippen molar-refractivity contribution in [1.29, 1.82) is 0 Å². The number of nitrogens with zero attached hydrogens (tertiary/aromatic N) is 2. The van der Waals surface area contributed by atoms with Gasteiger partial charge in [-0.05, 0) is 25.5 Å². The number of nitrogens with one attached hydrogen (secondary N) is 1. The summed E-state index contributed by atoms with van der Waals surface area (Å²) >= 11 is 7.38. The monoisotopic (exact) mass is 310 g/mol. The number of amides is 1. The highest BCUT2D eigenvalue weighted by molar-refractivity contribution is 7.11. The number of nitrogen functional groups attached to an aromatic ring is 1. The molecule has 0 saturated carbocycles. The molecule has 0 fully saturated rings. The second-order valence-corrected chi connectivity index (χ2v) is 5.85. The molecule has 5 nitrogen and oxygen atoms in total. The molecule has 1 atom stereocenters. The number of hydrogen-bond donors (Lipinski definition) is 2. The van der Waals surface area contributed by atoms with Crippen LogP contribution in [0, 0.1) is 0 Å². The van der Waals surface area contributed by atoms with E-state index in [4.69, 9.17) is 17.3 Å². The molecule has 7 heteroatoms. The van der Waals surface area contributed by atoms with E-state index < -0.39 is 0 Å². The predicted molar refractivity (Wildman–Crippen MR) is 81.0 cm³/mol. The SMILES string of the molecule is CCc1cnc(C(C)NC(=O)c2cc(N)nc(Cl)c2)s1. The standard InChI is InChI=1S/C13H15ClN4OS/c1-3-9-6-16-13(20-9)7(2)17-12(19)8-4-10(14)18-11(15)5-8/h4-7H,3H2,1-2H3,(H2,15,18)(H,17,19). The lowest BCUT2D eigenvalue weighted by Crippen LogP contribution is -2.26. The molecule has 0 aromatic carbocycles. The highest BCUT2D eigenvalue weighted by Crippen LogP contribution is 2.21. The van der Waals surface area contributed by atoms with Gasteiger partial charge in [-0.1, -0.05) is 18.5 Å². The number of thiazole rings is 1. The zero-order chi connectivity index (χ0) is 14.7. The van der Waals surface area contributed by atoms with Crippen LogP contribution in [0.1, 0.15) is 40.1 Å². The lowest BCUT2D eigenvalue weighted by molar-refractivity contribution is 0.0940. The van der Waals surface area contributed by atoms with E-state index in [2.05, 4.69) is 22.2 Å². The molecule has 0 aliphatic carbocycles. The molecule has 2 heterocycles. The van der Waals surface area contributed by atoms with Gasteiger partial charge in [0.2, 0.25) is 0 Å². The third-order valence-corrected chi connectivity index (χ3v) is 4.23. The summed E-state index contributed by atoms with van der Waals surface area (Å²) in [6.45, 7) is 3.96. The number of aromatic nitrogens is 2. The number of nitrogens with two attached hydrogens (primary N) is 1. The average Bonchev–Trinajstić information content (AvgIpc) is 2.86. The molecule has 0 spiro atoms. The lowest BCUT2D eigenvalue weighted by atomic mass is 10.2. The van der Waals surface area contributed by atoms with Crippen LogP contribution in [-0.4, -0.2) is 15.9 Å². The zero-order valence-corrected chi connectivity index (χ0v) is 12.8. The van der Waals surface area contributed by atoms with Gasteiger partial charge in [-0.25, -0.2) is 9.97 Å². The second-order valence-electron chi connectivity index (χ2n) is 4.32. The highest BCUT2D eigenvalue weighted by atomic mass is 35.5. The zero-order valence-electron chi connectivity index (χ0n) is 11.2. The van der Waals surface area contributed by atoms with Gasteiger partial charge in [-0.15, -0.1) is 11.3 Å². The van der Waals surface area contributed by atoms with Gasteiger partial charge in [0, 0.05) is 16.6 Å². The van der Waals surface area contributed by atoms with Crippen molar-refractivity contribution in [2.45, 2.75) is 26.3 Å². The fourth-order valence-corrected chi connectivity index (χ4v) is 2.75. The van der Waals surface area contributed by atoms with Crippen molar-refractivity contribution in [3.63, 3.8) is 0 Å². The fraction of sp³-hybridized carbons (Fsp3) is 0.308. The maximum absolute atomic E-state index is 12.1. The minimum absolute atomic E-state index is 0.166. The average molecular weight is 311 g/mol. The van der Waals surface area contributed by atoms with Crippen LogP contribution in [0.2, 0.25) is 5.15 Å². The molecule has 1 unspecified atom stereocenters. The molecule has 0 radical (unpaired) electrons. The topological polar surface area (TPSA) is 80.9 Å². The van der Waals surface area contributed by atoms with Gasteiger partial charge >= 0.3 is 0 Å². The van der Waals surface area contributed by atoms with Crippen LogP contribution < -0.4 is 11.1 Å². The first-order valence-corrected chi connectivity index (χ1v) is 7.37. The minimum Gasteiger partial charge on any atom is -0.384 e. The number of rotatable bonds is 4. The molecule has 0 aliphatic rings. The summed E-state index contributed by atoms with van der Waals surface area (Å²) in [7, 11) is 0. The third-order valence-electron chi connectivity index (χ3n) is 2.71. The maximum atomic E-state index is 12.1. The van der Waals surface area contributed by atoms with Gasteiger partial charge in [-0.2, -0.15) is 0 Å². The smallest absolute Gasteiger partial charge is 0.252 e. The van der Waals surface area contributed by atoms with Crippen molar-refractivity contribution in [1.82, 2.24) is 15.3 Å². The largest absolute Gasteiger partial charge is 0.384 e. The van der Waals surface area contributed by atoms with Gasteiger partial charge in [-0.3, -0.25) is 4.79 Å². The Hall–Kier alpha value is -1.66. The number of carbonyl (C=O) groups excluding carboxylic acids is 1. The molecule has 0 aliphatic heterocycles. The summed E-state index contributed by atoms with van der Waals surface area (Å²) in [6, 6.07) is 2.81. The van der Waals surface area contributed by atoms with Crippen LogP contribution in [0.3, 0.4) is 0 Å². The quantitative estimate of drug-likeness (QED) is 0.851. The Labute approximate surface area is 126 Å². The van der Waals surface area contributed by atoms with Crippen LogP contribution in [-0.2, 0) is 6.42 Å². The van der Waals surface area contributed by atoms with Gasteiger partial charge in [0.05, 0.1) is 6.04 Å². The number of hydrogen-bond acceptors (Lipinski definition) is 5. The molecule has 3 N–H and O–H groups in total. The normalized spacial score (nSPS) is 12.2. The van der Waals surface area contributed by atoms with E-state index in [-0.39, 0.29) is 22.9 Å². The number of anilines is 1. The van der Waals surface area contributed by atoms with E-state index in [1.807, 2.05) is 13.1 Å². The van der Waals surface area contributed by atoms with Gasteiger partial charge in [0.25, 0.3) is 5.91 Å². The second kappa shape index (κ2) is 6.19. The number of halogens is 1. The van der Waals surface area contributed by atoms with Crippen LogP contribution in [0.25, 0.3) is 0 Å². The molecule has 0 saturated heterocycles. The molecular formula is C13H15ClN4OS. The molecule has 20 heavy (non-hydrogen) atoms. The molecule has 0 bridgehead atoms. The van der Waals surface area contributed by atoms with Crippen molar-refractivity contribution in [2.75, 3.05) is 5.73 Å². The molecule has 106 valence electrons. The maximum Gasteiger partial charge on any atom is 0.252 e. The molecule has 2 aromatic heterocycles. The first kappa shape index (κ1) is 14.7. The van der Waals surface area contributed by atoms with Crippen LogP contribution in [0.4, 0.5) is 5.82 Å². The number of pyridine rings is 1. The Balaban J connectivity index is 2.10. The van der Waals surface area contributed by atoms with Crippen molar-refractivity contribution in [3.8, 4) is 0 Å². The van der Waals surface area contributed by atoms with Crippen LogP contribution in [0.15, 0.2) is 18.3 Å². The summed E-state index contributed by atoms with van der Waals surface area (Å²) < 4.78 is 0. The number of aryl methyl sites for hydroxylation is 1. The molecular weight excluding hydrogens is 296 g/mol. The van der Waals surface area contributed by atoms with Gasteiger partial charge in [0.1, 0.15) is 16.0 Å². The van der Waals surface area contributed by atoms with E-state index in [1.165, 1.54) is 17.0 Å². The van der Waals surface area contributed by atoms with Gasteiger partial charge < -0.3 is 11.1 Å². The third kappa shape index (κ3) is 3.46. The first-order valence-electron chi connectivity index (χ1n) is 6.18. The van der Waals surface area contributed by atoms with Crippen molar-refractivity contribution in [3.05, 3.63) is 38.9 Å². The Morgan fingerprint density at radius 3 is 2.90 bits per heavy atom. The Bertz CT molecular complexity index is 608. The van der Waals surface area contributed by atoms with E-state index in [0.717, 1.165) is 11.4 Å². The Morgan fingerprint density at radius 2 is 2.30 bits per heavy atom. The van der Waals surface area contributed by atoms with Crippen LogP contribution in [0.5, 0.6) is 0 Å². The first-order chi connectivity index (χ1) is 9.49. The Kier molecular flexibility index (Phi) is 4.57.